The van der Waals surface area contributed by atoms with Crippen LogP contribution in [0.1, 0.15) is 52.6 Å². The molecule has 7 nitrogen and oxygen atoms in total. The van der Waals surface area contributed by atoms with Gasteiger partial charge in [-0.05, 0) is 64.2 Å². The minimum absolute atomic E-state index is 0.220. The number of aryl methyl sites for hydroxylation is 3. The van der Waals surface area contributed by atoms with Crippen molar-refractivity contribution >= 4 is 28.7 Å². The number of aromatic nitrogens is 2. The maximum absolute atomic E-state index is 13.1. The van der Waals surface area contributed by atoms with Gasteiger partial charge in [0.2, 0.25) is 5.88 Å². The molecule has 0 aliphatic heterocycles. The Labute approximate surface area is 168 Å². The van der Waals surface area contributed by atoms with Crippen molar-refractivity contribution in [1.29, 1.82) is 0 Å². The van der Waals surface area contributed by atoms with Gasteiger partial charge in [0.05, 0.1) is 16.8 Å². The van der Waals surface area contributed by atoms with Gasteiger partial charge >= 0.3 is 5.97 Å². The Bertz CT molecular complexity index is 1100. The molecule has 1 amide bonds. The quantitative estimate of drug-likeness (QED) is 0.676. The summed E-state index contributed by atoms with van der Waals surface area (Å²) in [6.07, 6.45) is 2.71. The topological polar surface area (TPSA) is 94.3 Å². The van der Waals surface area contributed by atoms with E-state index >= 15 is 0 Å². The van der Waals surface area contributed by atoms with Gasteiger partial charge in [0.1, 0.15) is 0 Å². The van der Waals surface area contributed by atoms with Crippen LogP contribution in [0.5, 0.6) is 0 Å². The van der Waals surface area contributed by atoms with Crippen LogP contribution in [-0.4, -0.2) is 28.1 Å². The zero-order valence-electron chi connectivity index (χ0n) is 16.7. The molecule has 1 aliphatic carbocycles. The molecule has 0 saturated carbocycles. The molecule has 0 unspecified atom stereocenters. The van der Waals surface area contributed by atoms with Crippen LogP contribution in [0.2, 0.25) is 0 Å². The summed E-state index contributed by atoms with van der Waals surface area (Å²) in [5.41, 5.74) is 4.89. The molecule has 4 rings (SSSR count). The average Bonchev–Trinajstić information content (AvgIpc) is 3.10. The van der Waals surface area contributed by atoms with Crippen molar-refractivity contribution in [2.75, 3.05) is 5.32 Å². The number of hydrogen-bond donors (Lipinski definition) is 1. The van der Waals surface area contributed by atoms with Gasteiger partial charge in [-0.25, -0.2) is 4.79 Å². The van der Waals surface area contributed by atoms with Crippen molar-refractivity contribution in [2.45, 2.75) is 52.6 Å². The van der Waals surface area contributed by atoms with Crippen LogP contribution in [0.15, 0.2) is 28.8 Å². The molecular formula is C22H23N3O4. The second-order valence-electron chi connectivity index (χ2n) is 7.51. The van der Waals surface area contributed by atoms with Crippen molar-refractivity contribution in [3.63, 3.8) is 0 Å². The Hall–Kier alpha value is -3.22. The van der Waals surface area contributed by atoms with Gasteiger partial charge < -0.3 is 9.26 Å². The lowest BCUT2D eigenvalue weighted by molar-refractivity contribution is -0.123. The molecule has 150 valence electrons. The van der Waals surface area contributed by atoms with E-state index in [-0.39, 0.29) is 5.88 Å². The Morgan fingerprint density at radius 3 is 2.72 bits per heavy atom. The number of fused-ring (bicyclic) bond motifs is 2. The largest absolute Gasteiger partial charge is 0.449 e. The Kier molecular flexibility index (Phi) is 5.05. The number of benzene rings is 1. The van der Waals surface area contributed by atoms with Crippen LogP contribution in [0.4, 0.5) is 5.88 Å². The first-order valence-corrected chi connectivity index (χ1v) is 9.79. The smallest absolute Gasteiger partial charge is 0.339 e. The molecule has 3 aromatic rings. The molecule has 2 heterocycles. The van der Waals surface area contributed by atoms with Crippen LogP contribution < -0.4 is 5.32 Å². The zero-order chi connectivity index (χ0) is 20.5. The van der Waals surface area contributed by atoms with E-state index in [1.807, 2.05) is 25.1 Å². The number of nitrogens with one attached hydrogen (secondary N) is 1. The van der Waals surface area contributed by atoms with Gasteiger partial charge in [0.15, 0.2) is 6.10 Å². The summed E-state index contributed by atoms with van der Waals surface area (Å²) < 4.78 is 10.5. The van der Waals surface area contributed by atoms with Gasteiger partial charge in [-0.1, -0.05) is 16.8 Å². The van der Waals surface area contributed by atoms with Crippen LogP contribution in [0, 0.1) is 13.8 Å². The highest BCUT2D eigenvalue weighted by Crippen LogP contribution is 2.30. The number of nitrogens with zero attached hydrogens (tertiary/aromatic N) is 2. The van der Waals surface area contributed by atoms with Crippen molar-refractivity contribution in [3.05, 3.63) is 52.3 Å². The SMILES string of the molecule is Cc1ccc2nc3c(c(C(=O)O[C@@H](C)C(=O)Nc4cc(C)no4)c2c1)CCCC3. The summed E-state index contributed by atoms with van der Waals surface area (Å²) in [7, 11) is 0. The molecular weight excluding hydrogens is 370 g/mol. The first-order valence-electron chi connectivity index (χ1n) is 9.79. The maximum atomic E-state index is 13.1. The number of anilines is 1. The first kappa shape index (κ1) is 19.1. The van der Waals surface area contributed by atoms with E-state index in [1.165, 1.54) is 6.92 Å². The lowest BCUT2D eigenvalue weighted by Gasteiger charge is -2.21. The molecule has 29 heavy (non-hydrogen) atoms. The number of ether oxygens (including phenoxy) is 1. The highest BCUT2D eigenvalue weighted by molar-refractivity contribution is 6.06. The number of carbonyl (C=O) groups excluding carboxylic acids is 2. The first-order chi connectivity index (χ1) is 13.9. The Morgan fingerprint density at radius 1 is 1.17 bits per heavy atom. The molecule has 0 spiro atoms. The summed E-state index contributed by atoms with van der Waals surface area (Å²) in [5, 5.41) is 7.07. The second kappa shape index (κ2) is 7.66. The van der Waals surface area contributed by atoms with E-state index in [0.29, 0.717) is 11.3 Å². The van der Waals surface area contributed by atoms with E-state index in [1.54, 1.807) is 13.0 Å². The molecule has 0 fully saturated rings. The third-order valence-corrected chi connectivity index (χ3v) is 5.15. The Balaban J connectivity index is 1.63. The van der Waals surface area contributed by atoms with Crippen molar-refractivity contribution in [3.8, 4) is 0 Å². The molecule has 0 bridgehead atoms. The lowest BCUT2D eigenvalue weighted by atomic mass is 9.89. The predicted molar refractivity (Wildman–Crippen MR) is 108 cm³/mol. The van der Waals surface area contributed by atoms with E-state index < -0.39 is 18.0 Å². The van der Waals surface area contributed by atoms with Crippen molar-refractivity contribution in [1.82, 2.24) is 10.1 Å². The number of pyridine rings is 1. The third kappa shape index (κ3) is 3.85. The Morgan fingerprint density at radius 2 is 1.97 bits per heavy atom. The van der Waals surface area contributed by atoms with Gasteiger partial charge in [-0.2, -0.15) is 0 Å². The zero-order valence-corrected chi connectivity index (χ0v) is 16.7. The molecule has 2 aromatic heterocycles. The number of carbonyl (C=O) groups is 2. The molecule has 1 aliphatic rings. The molecule has 1 aromatic carbocycles. The average molecular weight is 393 g/mol. The van der Waals surface area contributed by atoms with Gasteiger partial charge in [0.25, 0.3) is 5.91 Å². The molecule has 0 saturated heterocycles. The molecule has 7 heteroatoms. The van der Waals surface area contributed by atoms with Gasteiger partial charge in [-0.3, -0.25) is 15.1 Å². The molecule has 0 radical (unpaired) electrons. The summed E-state index contributed by atoms with van der Waals surface area (Å²) in [6, 6.07) is 7.46. The minimum Gasteiger partial charge on any atom is -0.449 e. The van der Waals surface area contributed by atoms with Gasteiger partial charge in [-0.15, -0.1) is 0 Å². The number of amides is 1. The van der Waals surface area contributed by atoms with Crippen LogP contribution >= 0.6 is 0 Å². The summed E-state index contributed by atoms with van der Waals surface area (Å²) in [6.45, 7) is 5.27. The molecule has 1 N–H and O–H groups in total. The second-order valence-corrected chi connectivity index (χ2v) is 7.51. The number of rotatable bonds is 4. The normalized spacial score (nSPS) is 14.3. The van der Waals surface area contributed by atoms with Gasteiger partial charge in [0, 0.05) is 17.1 Å². The predicted octanol–water partition coefficient (Wildman–Crippen LogP) is 3.90. The number of hydrogen-bond acceptors (Lipinski definition) is 6. The lowest BCUT2D eigenvalue weighted by Crippen LogP contribution is -2.30. The highest BCUT2D eigenvalue weighted by Gasteiger charge is 2.27. The maximum Gasteiger partial charge on any atom is 0.339 e. The van der Waals surface area contributed by atoms with Crippen LogP contribution in [0.25, 0.3) is 10.9 Å². The van der Waals surface area contributed by atoms with Crippen molar-refractivity contribution < 1.29 is 18.8 Å². The van der Waals surface area contributed by atoms with E-state index in [9.17, 15) is 9.59 Å². The summed E-state index contributed by atoms with van der Waals surface area (Å²) >= 11 is 0. The highest BCUT2D eigenvalue weighted by atomic mass is 16.5. The monoisotopic (exact) mass is 393 g/mol. The van der Waals surface area contributed by atoms with E-state index in [4.69, 9.17) is 14.2 Å². The minimum atomic E-state index is -0.986. The van der Waals surface area contributed by atoms with Crippen LogP contribution in [0.3, 0.4) is 0 Å². The summed E-state index contributed by atoms with van der Waals surface area (Å²) in [5.74, 6) is -0.756. The van der Waals surface area contributed by atoms with E-state index in [2.05, 4.69) is 10.5 Å². The standard InChI is InChI=1S/C22H23N3O4/c1-12-8-9-18-16(10-12)20(15-6-4-5-7-17(15)23-18)22(27)28-14(3)21(26)24-19-11-13(2)25-29-19/h8-11,14H,4-7H2,1-3H3,(H,24,26)/t14-/m0/s1. The van der Waals surface area contributed by atoms with E-state index in [0.717, 1.165) is 53.4 Å². The fraction of sp³-hybridized carbons (Fsp3) is 0.364. The van der Waals surface area contributed by atoms with Crippen molar-refractivity contribution in [2.24, 2.45) is 0 Å². The number of esters is 1. The molecule has 1 atom stereocenters. The fourth-order valence-corrected chi connectivity index (χ4v) is 3.69. The fourth-order valence-electron chi connectivity index (χ4n) is 3.69. The van der Waals surface area contributed by atoms with Crippen LogP contribution in [-0.2, 0) is 22.4 Å². The third-order valence-electron chi connectivity index (χ3n) is 5.15. The summed E-state index contributed by atoms with van der Waals surface area (Å²) in [4.78, 5) is 30.3.